The quantitative estimate of drug-likeness (QED) is 0.235. The van der Waals surface area contributed by atoms with Crippen LogP contribution < -0.4 is 10.2 Å². The van der Waals surface area contributed by atoms with Crippen molar-refractivity contribution in [3.05, 3.63) is 120 Å². The maximum atomic E-state index is 14.3. The van der Waals surface area contributed by atoms with Crippen LogP contribution >= 0.6 is 0 Å². The predicted molar refractivity (Wildman–Crippen MR) is 158 cm³/mol. The number of nitrogens with one attached hydrogen (secondary N) is 1. The zero-order chi connectivity index (χ0) is 29.1. The molecule has 0 unspecified atom stereocenters. The van der Waals surface area contributed by atoms with Gasteiger partial charge < -0.3 is 15.5 Å². The lowest BCUT2D eigenvalue weighted by atomic mass is 10.0. The van der Waals surface area contributed by atoms with Gasteiger partial charge in [0.2, 0.25) is 11.8 Å². The molecule has 6 aromatic rings. The van der Waals surface area contributed by atoms with Crippen LogP contribution in [-0.2, 0) is 22.7 Å². The van der Waals surface area contributed by atoms with Gasteiger partial charge in [-0.05, 0) is 47.5 Å². The van der Waals surface area contributed by atoms with Crippen molar-refractivity contribution in [2.75, 3.05) is 4.90 Å². The van der Waals surface area contributed by atoms with Gasteiger partial charge in [-0.2, -0.15) is 0 Å². The molecule has 0 aliphatic rings. The lowest BCUT2D eigenvalue weighted by Crippen LogP contribution is -2.45. The van der Waals surface area contributed by atoms with Crippen LogP contribution in [0.5, 0.6) is 11.5 Å². The summed E-state index contributed by atoms with van der Waals surface area (Å²) in [5, 5.41) is 32.4. The number of rotatable bonds is 8. The van der Waals surface area contributed by atoms with Crippen molar-refractivity contribution in [2.24, 2.45) is 0 Å². The maximum absolute atomic E-state index is 14.3. The van der Waals surface area contributed by atoms with Crippen LogP contribution in [0.3, 0.4) is 0 Å². The van der Waals surface area contributed by atoms with E-state index in [9.17, 15) is 19.8 Å². The number of anilines is 1. The number of hydrogen-bond donors (Lipinski definition) is 3. The second-order valence-electron chi connectivity index (χ2n) is 9.74. The van der Waals surface area contributed by atoms with Gasteiger partial charge in [0.1, 0.15) is 18.1 Å². The topological polar surface area (TPSA) is 133 Å². The normalized spacial score (nSPS) is 11.8. The van der Waals surface area contributed by atoms with Crippen LogP contribution in [-0.4, -0.2) is 42.0 Å². The lowest BCUT2D eigenvalue weighted by Gasteiger charge is -2.31. The Hall–Kier alpha value is -5.77. The average Bonchev–Trinajstić information content (AvgIpc) is 3.43. The number of aromatic hydroxyl groups is 2. The molecule has 42 heavy (non-hydrogen) atoms. The lowest BCUT2D eigenvalue weighted by molar-refractivity contribution is -0.127. The minimum absolute atomic E-state index is 0.214. The van der Waals surface area contributed by atoms with Gasteiger partial charge in [-0.25, -0.2) is 4.68 Å². The molecule has 0 bridgehead atoms. The number of para-hydroxylation sites is 2. The number of phenols is 2. The molecule has 6 rings (SSSR count). The Morgan fingerprint density at radius 2 is 1.57 bits per heavy atom. The highest BCUT2D eigenvalue weighted by atomic mass is 16.3. The minimum Gasteiger partial charge on any atom is -0.504 e. The number of benzene rings is 4. The first-order valence-electron chi connectivity index (χ1n) is 13.3. The van der Waals surface area contributed by atoms with E-state index in [0.717, 1.165) is 16.5 Å². The predicted octanol–water partition coefficient (Wildman–Crippen LogP) is 4.48. The Morgan fingerprint density at radius 1 is 0.833 bits per heavy atom. The van der Waals surface area contributed by atoms with Crippen molar-refractivity contribution in [3.8, 4) is 11.5 Å². The summed E-state index contributed by atoms with van der Waals surface area (Å²) in [5.74, 6) is -1.72. The standard InChI is InChI=1S/C32H26N6O4/c39-28-15-14-23(17-29(28)40)31(32(42)34-18-21-8-2-1-3-9-21)38(24-16-22-10-4-5-11-25(22)33-19-24)30(41)20-37-27-13-7-6-12-26(27)35-36-37/h1-17,19,31,39-40H,18,20H2,(H,34,42)/t31-/m1/s1. The zero-order valence-corrected chi connectivity index (χ0v) is 22.3. The van der Waals surface area contributed by atoms with E-state index in [4.69, 9.17) is 0 Å². The summed E-state index contributed by atoms with van der Waals surface area (Å²) in [6.07, 6.45) is 1.54. The van der Waals surface area contributed by atoms with Gasteiger partial charge in [0, 0.05) is 11.9 Å². The Kier molecular flexibility index (Phi) is 7.17. The third-order valence-electron chi connectivity index (χ3n) is 6.96. The second-order valence-corrected chi connectivity index (χ2v) is 9.74. The fraction of sp³-hybridized carbons (Fsp3) is 0.0938. The molecule has 4 aromatic carbocycles. The summed E-state index contributed by atoms with van der Waals surface area (Å²) in [4.78, 5) is 34.2. The number of phenolic OH excluding ortho intramolecular Hbond substituents is 2. The van der Waals surface area contributed by atoms with Crippen LogP contribution in [0.4, 0.5) is 5.69 Å². The number of amides is 2. The molecule has 0 saturated carbocycles. The van der Waals surface area contributed by atoms with E-state index >= 15 is 0 Å². The van der Waals surface area contributed by atoms with Gasteiger partial charge in [0.15, 0.2) is 11.5 Å². The van der Waals surface area contributed by atoms with Crippen molar-refractivity contribution in [3.63, 3.8) is 0 Å². The van der Waals surface area contributed by atoms with E-state index in [1.54, 1.807) is 12.1 Å². The number of aromatic nitrogens is 4. The molecule has 0 aliphatic heterocycles. The molecule has 10 heteroatoms. The molecule has 0 fully saturated rings. The first-order valence-corrected chi connectivity index (χ1v) is 13.3. The number of carbonyl (C=O) groups excluding carboxylic acids is 2. The summed E-state index contributed by atoms with van der Waals surface area (Å²) in [6, 6.07) is 28.8. The molecule has 10 nitrogen and oxygen atoms in total. The van der Waals surface area contributed by atoms with Crippen molar-refractivity contribution in [2.45, 2.75) is 19.1 Å². The van der Waals surface area contributed by atoms with E-state index in [1.165, 1.54) is 34.0 Å². The summed E-state index contributed by atoms with van der Waals surface area (Å²) < 4.78 is 1.48. The number of hydrogen-bond acceptors (Lipinski definition) is 7. The molecular weight excluding hydrogens is 532 g/mol. The molecule has 0 radical (unpaired) electrons. The molecule has 2 amide bonds. The molecular formula is C32H26N6O4. The summed E-state index contributed by atoms with van der Waals surface area (Å²) in [7, 11) is 0. The van der Waals surface area contributed by atoms with Gasteiger partial charge in [-0.1, -0.05) is 71.9 Å². The molecule has 3 N–H and O–H groups in total. The fourth-order valence-electron chi connectivity index (χ4n) is 4.88. The fourth-order valence-corrected chi connectivity index (χ4v) is 4.88. The molecule has 2 heterocycles. The molecule has 0 aliphatic carbocycles. The summed E-state index contributed by atoms with van der Waals surface area (Å²) in [6.45, 7) is -0.00811. The number of pyridine rings is 1. The molecule has 0 saturated heterocycles. The van der Waals surface area contributed by atoms with Gasteiger partial charge in [-0.3, -0.25) is 19.5 Å². The highest BCUT2D eigenvalue weighted by Crippen LogP contribution is 2.34. The van der Waals surface area contributed by atoms with Crippen LogP contribution in [0.2, 0.25) is 0 Å². The highest BCUT2D eigenvalue weighted by molar-refractivity contribution is 6.02. The van der Waals surface area contributed by atoms with Gasteiger partial charge in [0.05, 0.1) is 22.9 Å². The van der Waals surface area contributed by atoms with E-state index in [0.29, 0.717) is 22.3 Å². The van der Waals surface area contributed by atoms with Gasteiger partial charge in [-0.15, -0.1) is 5.10 Å². The maximum Gasteiger partial charge on any atom is 0.249 e. The molecule has 208 valence electrons. The van der Waals surface area contributed by atoms with E-state index in [1.807, 2.05) is 72.8 Å². The molecule has 2 aromatic heterocycles. The van der Waals surface area contributed by atoms with E-state index in [-0.39, 0.29) is 18.8 Å². The Balaban J connectivity index is 1.46. The van der Waals surface area contributed by atoms with Crippen molar-refractivity contribution in [1.29, 1.82) is 0 Å². The number of carbonyl (C=O) groups is 2. The third-order valence-corrected chi connectivity index (χ3v) is 6.96. The number of nitrogens with zero attached hydrogens (tertiary/aromatic N) is 5. The Labute approximate surface area is 240 Å². The Bertz CT molecular complexity index is 1910. The summed E-state index contributed by atoms with van der Waals surface area (Å²) in [5.41, 5.74) is 3.55. The minimum atomic E-state index is -1.23. The average molecular weight is 559 g/mol. The first-order chi connectivity index (χ1) is 20.5. The van der Waals surface area contributed by atoms with Crippen LogP contribution in [0, 0.1) is 0 Å². The van der Waals surface area contributed by atoms with Crippen LogP contribution in [0.15, 0.2) is 109 Å². The summed E-state index contributed by atoms with van der Waals surface area (Å²) >= 11 is 0. The SMILES string of the molecule is O=C(NCc1ccccc1)[C@@H](c1ccc(O)c(O)c1)N(C(=O)Cn1nnc2ccccc21)c1cnc2ccccc2c1. The zero-order valence-electron chi connectivity index (χ0n) is 22.3. The first kappa shape index (κ1) is 26.5. The van der Waals surface area contributed by atoms with Crippen molar-refractivity contribution >= 4 is 39.4 Å². The van der Waals surface area contributed by atoms with Crippen LogP contribution in [0.1, 0.15) is 17.2 Å². The second kappa shape index (κ2) is 11.4. The van der Waals surface area contributed by atoms with Gasteiger partial charge >= 0.3 is 0 Å². The van der Waals surface area contributed by atoms with E-state index in [2.05, 4.69) is 20.6 Å². The monoisotopic (exact) mass is 558 g/mol. The third kappa shape index (κ3) is 5.33. The molecule has 0 spiro atoms. The largest absolute Gasteiger partial charge is 0.504 e. The Morgan fingerprint density at radius 3 is 2.38 bits per heavy atom. The highest BCUT2D eigenvalue weighted by Gasteiger charge is 2.34. The number of fused-ring (bicyclic) bond motifs is 2. The van der Waals surface area contributed by atoms with Crippen LogP contribution in [0.25, 0.3) is 21.9 Å². The molecule has 1 atom stereocenters. The van der Waals surface area contributed by atoms with E-state index < -0.39 is 23.6 Å². The van der Waals surface area contributed by atoms with Crippen molar-refractivity contribution in [1.82, 2.24) is 25.3 Å². The van der Waals surface area contributed by atoms with Crippen molar-refractivity contribution < 1.29 is 19.8 Å². The van der Waals surface area contributed by atoms with Gasteiger partial charge in [0.25, 0.3) is 0 Å². The smallest absolute Gasteiger partial charge is 0.249 e.